The van der Waals surface area contributed by atoms with E-state index < -0.39 is 5.60 Å². The molecule has 0 unspecified atom stereocenters. The summed E-state index contributed by atoms with van der Waals surface area (Å²) in [4.78, 5) is 23.8. The van der Waals surface area contributed by atoms with E-state index in [2.05, 4.69) is 12.1 Å². The van der Waals surface area contributed by atoms with Crippen molar-refractivity contribution in [3.63, 3.8) is 0 Å². The lowest BCUT2D eigenvalue weighted by Crippen LogP contribution is -2.36. The Hall–Kier alpha value is -2.68. The first-order chi connectivity index (χ1) is 12.1. The number of aryl methyl sites for hydroxylation is 1. The predicted octanol–water partition coefficient (Wildman–Crippen LogP) is 4.22. The topological polar surface area (TPSA) is 43.4 Å². The zero-order valence-corrected chi connectivity index (χ0v) is 14.4. The highest BCUT2D eigenvalue weighted by Crippen LogP contribution is 2.43. The first kappa shape index (κ1) is 17.2. The smallest absolute Gasteiger partial charge is 0.331 e. The van der Waals surface area contributed by atoms with Crippen LogP contribution in [-0.4, -0.2) is 11.8 Å². The zero-order valence-electron chi connectivity index (χ0n) is 14.4. The summed E-state index contributed by atoms with van der Waals surface area (Å²) in [7, 11) is 0. The molecule has 1 aliphatic rings. The third-order valence-corrected chi connectivity index (χ3v) is 4.73. The van der Waals surface area contributed by atoms with Crippen LogP contribution in [-0.2, 0) is 26.3 Å². The minimum Gasteiger partial charge on any atom is -0.446 e. The van der Waals surface area contributed by atoms with Gasteiger partial charge in [0, 0.05) is 18.4 Å². The summed E-state index contributed by atoms with van der Waals surface area (Å²) in [5, 5.41) is 0. The van der Waals surface area contributed by atoms with E-state index in [1.54, 1.807) is 6.92 Å². The highest BCUT2D eigenvalue weighted by atomic mass is 16.6. The molecule has 0 N–H and O–H groups in total. The van der Waals surface area contributed by atoms with Crippen LogP contribution in [0.2, 0.25) is 0 Å². The third kappa shape index (κ3) is 3.87. The third-order valence-electron chi connectivity index (χ3n) is 4.73. The van der Waals surface area contributed by atoms with Crippen molar-refractivity contribution in [3.8, 4) is 0 Å². The first-order valence-electron chi connectivity index (χ1n) is 8.61. The van der Waals surface area contributed by atoms with Crippen LogP contribution in [0.3, 0.4) is 0 Å². The Morgan fingerprint density at radius 1 is 1.04 bits per heavy atom. The lowest BCUT2D eigenvalue weighted by molar-refractivity contribution is -0.152. The van der Waals surface area contributed by atoms with Gasteiger partial charge in [-0.15, -0.1) is 0 Å². The maximum absolute atomic E-state index is 11.9. The standard InChI is InChI=1S/C22H22O3/c1-17(23)16-20(13-12-18-8-4-2-5-9-18)22(15-14-21(24)25-22)19-10-6-3-7-11-19/h2-11,14-15,20H,12-13,16H2,1H3/t20-,22+/m0/s1. The number of cyclic esters (lactones) is 1. The van der Waals surface area contributed by atoms with E-state index in [1.807, 2.05) is 54.6 Å². The molecule has 0 spiro atoms. The molecule has 0 bridgehead atoms. The fourth-order valence-corrected chi connectivity index (χ4v) is 3.54. The minimum absolute atomic E-state index is 0.102. The quantitative estimate of drug-likeness (QED) is 0.712. The average Bonchev–Trinajstić information content (AvgIpc) is 3.03. The molecule has 2 aromatic rings. The second-order valence-electron chi connectivity index (χ2n) is 6.54. The lowest BCUT2D eigenvalue weighted by Gasteiger charge is -2.35. The second kappa shape index (κ2) is 7.47. The van der Waals surface area contributed by atoms with E-state index in [-0.39, 0.29) is 17.7 Å². The Balaban J connectivity index is 1.92. The lowest BCUT2D eigenvalue weighted by atomic mass is 9.76. The number of Topliss-reactive ketones (excluding diaryl/α,β-unsaturated/α-hetero) is 1. The number of rotatable bonds is 7. The van der Waals surface area contributed by atoms with Crippen LogP contribution < -0.4 is 0 Å². The molecule has 1 aliphatic heterocycles. The first-order valence-corrected chi connectivity index (χ1v) is 8.61. The second-order valence-corrected chi connectivity index (χ2v) is 6.54. The molecular weight excluding hydrogens is 312 g/mol. The monoisotopic (exact) mass is 334 g/mol. The largest absolute Gasteiger partial charge is 0.446 e. The Bertz CT molecular complexity index is 764. The number of ketones is 1. The molecule has 1 heterocycles. The van der Waals surface area contributed by atoms with Gasteiger partial charge in [-0.1, -0.05) is 60.7 Å². The molecule has 0 radical (unpaired) electrons. The molecule has 2 aromatic carbocycles. The molecule has 128 valence electrons. The van der Waals surface area contributed by atoms with Crippen molar-refractivity contribution in [2.24, 2.45) is 5.92 Å². The van der Waals surface area contributed by atoms with Crippen LogP contribution in [0.15, 0.2) is 72.8 Å². The molecule has 0 saturated carbocycles. The molecule has 25 heavy (non-hydrogen) atoms. The van der Waals surface area contributed by atoms with Crippen LogP contribution in [0.1, 0.15) is 30.9 Å². The van der Waals surface area contributed by atoms with Crippen LogP contribution in [0.5, 0.6) is 0 Å². The number of benzene rings is 2. The highest BCUT2D eigenvalue weighted by molar-refractivity contribution is 5.86. The molecule has 2 atom stereocenters. The molecule has 0 aromatic heterocycles. The van der Waals surface area contributed by atoms with E-state index in [9.17, 15) is 9.59 Å². The van der Waals surface area contributed by atoms with Crippen molar-refractivity contribution in [1.82, 2.24) is 0 Å². The van der Waals surface area contributed by atoms with Crippen molar-refractivity contribution >= 4 is 11.8 Å². The van der Waals surface area contributed by atoms with Gasteiger partial charge in [0.25, 0.3) is 0 Å². The normalized spacial score (nSPS) is 20.3. The molecule has 0 aliphatic carbocycles. The maximum atomic E-state index is 11.9. The summed E-state index contributed by atoms with van der Waals surface area (Å²) < 4.78 is 5.78. The Labute approximate surface area is 148 Å². The zero-order chi connectivity index (χ0) is 17.7. The molecule has 0 fully saturated rings. The number of ether oxygens (including phenoxy) is 1. The van der Waals surface area contributed by atoms with Crippen LogP contribution >= 0.6 is 0 Å². The number of esters is 1. The van der Waals surface area contributed by atoms with Crippen molar-refractivity contribution in [3.05, 3.63) is 83.9 Å². The molecular formula is C22H22O3. The fourth-order valence-electron chi connectivity index (χ4n) is 3.54. The molecule has 0 saturated heterocycles. The summed E-state index contributed by atoms with van der Waals surface area (Å²) in [5.41, 5.74) is 1.27. The van der Waals surface area contributed by atoms with Gasteiger partial charge >= 0.3 is 5.97 Å². The summed E-state index contributed by atoms with van der Waals surface area (Å²) in [6.07, 6.45) is 5.26. The average molecular weight is 334 g/mol. The molecule has 3 rings (SSSR count). The Morgan fingerprint density at radius 2 is 1.68 bits per heavy atom. The van der Waals surface area contributed by atoms with E-state index in [1.165, 1.54) is 11.6 Å². The van der Waals surface area contributed by atoms with Crippen molar-refractivity contribution in [2.75, 3.05) is 0 Å². The Kier molecular flexibility index (Phi) is 5.13. The predicted molar refractivity (Wildman–Crippen MR) is 96.9 cm³/mol. The van der Waals surface area contributed by atoms with Crippen molar-refractivity contribution in [1.29, 1.82) is 0 Å². The molecule has 3 heteroatoms. The van der Waals surface area contributed by atoms with Crippen molar-refractivity contribution < 1.29 is 14.3 Å². The maximum Gasteiger partial charge on any atom is 0.331 e. The molecule has 0 amide bonds. The van der Waals surface area contributed by atoms with Gasteiger partial charge in [0.1, 0.15) is 5.78 Å². The summed E-state index contributed by atoms with van der Waals surface area (Å²) in [5.74, 6) is -0.350. The van der Waals surface area contributed by atoms with E-state index >= 15 is 0 Å². The Morgan fingerprint density at radius 3 is 2.24 bits per heavy atom. The molecule has 3 nitrogen and oxygen atoms in total. The van der Waals surface area contributed by atoms with Gasteiger partial charge in [-0.05, 0) is 37.0 Å². The van der Waals surface area contributed by atoms with E-state index in [0.717, 1.165) is 18.4 Å². The summed E-state index contributed by atoms with van der Waals surface area (Å²) in [6, 6.07) is 19.9. The number of carbonyl (C=O) groups is 2. The highest BCUT2D eigenvalue weighted by Gasteiger charge is 2.44. The van der Waals surface area contributed by atoms with E-state index in [0.29, 0.717) is 6.42 Å². The van der Waals surface area contributed by atoms with Gasteiger partial charge in [0.05, 0.1) is 0 Å². The van der Waals surface area contributed by atoms with Gasteiger partial charge in [-0.2, -0.15) is 0 Å². The van der Waals surface area contributed by atoms with Crippen LogP contribution in [0.25, 0.3) is 0 Å². The minimum atomic E-state index is -0.862. The van der Waals surface area contributed by atoms with Crippen LogP contribution in [0, 0.1) is 5.92 Å². The fraction of sp³-hybridized carbons (Fsp3) is 0.273. The van der Waals surface area contributed by atoms with Crippen LogP contribution in [0.4, 0.5) is 0 Å². The number of carbonyl (C=O) groups excluding carboxylic acids is 2. The van der Waals surface area contributed by atoms with Crippen molar-refractivity contribution in [2.45, 2.75) is 31.8 Å². The number of hydrogen-bond acceptors (Lipinski definition) is 3. The van der Waals surface area contributed by atoms with E-state index in [4.69, 9.17) is 4.74 Å². The van der Waals surface area contributed by atoms with Gasteiger partial charge in [0.2, 0.25) is 0 Å². The SMILES string of the molecule is CC(=O)C[C@H](CCc1ccccc1)[C@]1(c2ccccc2)C=CC(=O)O1. The van der Waals surface area contributed by atoms with Gasteiger partial charge in [-0.3, -0.25) is 0 Å². The summed E-state index contributed by atoms with van der Waals surface area (Å²) >= 11 is 0. The summed E-state index contributed by atoms with van der Waals surface area (Å²) in [6.45, 7) is 1.59. The van der Waals surface area contributed by atoms with Gasteiger partial charge in [-0.25, -0.2) is 4.79 Å². The van der Waals surface area contributed by atoms with Gasteiger partial charge < -0.3 is 9.53 Å². The van der Waals surface area contributed by atoms with Gasteiger partial charge in [0.15, 0.2) is 5.60 Å². The number of hydrogen-bond donors (Lipinski definition) is 0.